The zero-order chi connectivity index (χ0) is 15.1. The first-order valence-electron chi connectivity index (χ1n) is 6.47. The number of nitrogens with one attached hydrogen (secondary N) is 2. The SMILES string of the molecule is CN=C(NCc1ccc(Cl)nc1)NCc1cccc(F)c1.I. The molecule has 4 nitrogen and oxygen atoms in total. The predicted octanol–water partition coefficient (Wildman–Crippen LogP) is 3.36. The first-order chi connectivity index (χ1) is 10.2. The highest BCUT2D eigenvalue weighted by molar-refractivity contribution is 14.0. The molecule has 2 rings (SSSR count). The Morgan fingerprint density at radius 1 is 1.18 bits per heavy atom. The van der Waals surface area contributed by atoms with Crippen LogP contribution in [0.5, 0.6) is 0 Å². The highest BCUT2D eigenvalue weighted by Crippen LogP contribution is 2.05. The minimum atomic E-state index is -0.246. The van der Waals surface area contributed by atoms with Crippen LogP contribution in [0.3, 0.4) is 0 Å². The van der Waals surface area contributed by atoms with E-state index in [-0.39, 0.29) is 29.8 Å². The van der Waals surface area contributed by atoms with E-state index in [4.69, 9.17) is 11.6 Å². The number of hydrogen-bond acceptors (Lipinski definition) is 2. The summed E-state index contributed by atoms with van der Waals surface area (Å²) >= 11 is 5.73. The summed E-state index contributed by atoms with van der Waals surface area (Å²) in [6.07, 6.45) is 1.70. The highest BCUT2D eigenvalue weighted by Gasteiger charge is 2.00. The van der Waals surface area contributed by atoms with Crippen LogP contribution in [0, 0.1) is 5.82 Å². The molecule has 0 aliphatic rings. The zero-order valence-corrected chi connectivity index (χ0v) is 15.1. The summed E-state index contributed by atoms with van der Waals surface area (Å²) in [5.74, 6) is 0.388. The molecule has 0 bridgehead atoms. The molecule has 1 heterocycles. The van der Waals surface area contributed by atoms with E-state index in [9.17, 15) is 4.39 Å². The molecule has 0 spiro atoms. The average molecular weight is 435 g/mol. The fraction of sp³-hybridized carbons (Fsp3) is 0.200. The summed E-state index contributed by atoms with van der Waals surface area (Å²) in [5, 5.41) is 6.74. The van der Waals surface area contributed by atoms with Gasteiger partial charge in [-0.25, -0.2) is 9.37 Å². The van der Waals surface area contributed by atoms with E-state index in [1.807, 2.05) is 12.1 Å². The summed E-state index contributed by atoms with van der Waals surface area (Å²) in [5.41, 5.74) is 1.85. The molecule has 2 aromatic rings. The molecular weight excluding hydrogens is 418 g/mol. The number of pyridine rings is 1. The number of hydrogen-bond donors (Lipinski definition) is 2. The summed E-state index contributed by atoms with van der Waals surface area (Å²) in [6.45, 7) is 1.07. The van der Waals surface area contributed by atoms with Gasteiger partial charge in [-0.2, -0.15) is 0 Å². The van der Waals surface area contributed by atoms with Gasteiger partial charge in [0, 0.05) is 26.3 Å². The second-order valence-corrected chi connectivity index (χ2v) is 4.79. The molecular formula is C15H17ClFIN4. The van der Waals surface area contributed by atoms with Gasteiger partial charge in [0.25, 0.3) is 0 Å². The van der Waals surface area contributed by atoms with Crippen molar-refractivity contribution in [2.75, 3.05) is 7.05 Å². The van der Waals surface area contributed by atoms with Gasteiger partial charge in [-0.05, 0) is 29.3 Å². The van der Waals surface area contributed by atoms with Gasteiger partial charge in [-0.15, -0.1) is 24.0 Å². The quantitative estimate of drug-likeness (QED) is 0.336. The van der Waals surface area contributed by atoms with Crippen LogP contribution in [0.2, 0.25) is 5.15 Å². The van der Waals surface area contributed by atoms with Gasteiger partial charge in [0.15, 0.2) is 5.96 Å². The molecule has 0 saturated carbocycles. The van der Waals surface area contributed by atoms with Gasteiger partial charge < -0.3 is 10.6 Å². The first kappa shape index (κ1) is 18.6. The van der Waals surface area contributed by atoms with Crippen molar-refractivity contribution in [3.63, 3.8) is 0 Å². The Kier molecular flexibility index (Phi) is 8.11. The van der Waals surface area contributed by atoms with Crippen LogP contribution in [-0.4, -0.2) is 18.0 Å². The third kappa shape index (κ3) is 6.15. The molecule has 0 aliphatic carbocycles. The number of aliphatic imine (C=N–C) groups is 1. The van der Waals surface area contributed by atoms with Crippen molar-refractivity contribution in [1.29, 1.82) is 0 Å². The first-order valence-corrected chi connectivity index (χ1v) is 6.84. The van der Waals surface area contributed by atoms with E-state index in [0.717, 1.165) is 11.1 Å². The fourth-order valence-corrected chi connectivity index (χ4v) is 1.86. The second kappa shape index (κ2) is 9.58. The molecule has 7 heteroatoms. The second-order valence-electron chi connectivity index (χ2n) is 4.40. The fourth-order valence-electron chi connectivity index (χ4n) is 1.75. The Bertz CT molecular complexity index is 619. The normalized spacial score (nSPS) is 10.8. The molecule has 1 aromatic carbocycles. The lowest BCUT2D eigenvalue weighted by Gasteiger charge is -2.12. The van der Waals surface area contributed by atoms with Gasteiger partial charge in [-0.3, -0.25) is 4.99 Å². The lowest BCUT2D eigenvalue weighted by atomic mass is 10.2. The Balaban J connectivity index is 0.00000242. The molecule has 0 atom stereocenters. The Morgan fingerprint density at radius 2 is 1.91 bits per heavy atom. The molecule has 0 unspecified atom stereocenters. The van der Waals surface area contributed by atoms with E-state index in [1.54, 1.807) is 25.4 Å². The van der Waals surface area contributed by atoms with E-state index >= 15 is 0 Å². The van der Waals surface area contributed by atoms with Crippen LogP contribution >= 0.6 is 35.6 Å². The monoisotopic (exact) mass is 434 g/mol. The molecule has 0 aliphatic heterocycles. The number of aromatic nitrogens is 1. The van der Waals surface area contributed by atoms with Crippen molar-refractivity contribution in [3.8, 4) is 0 Å². The van der Waals surface area contributed by atoms with E-state index in [1.165, 1.54) is 12.1 Å². The van der Waals surface area contributed by atoms with Gasteiger partial charge >= 0.3 is 0 Å². The van der Waals surface area contributed by atoms with Crippen molar-refractivity contribution < 1.29 is 4.39 Å². The molecule has 2 N–H and O–H groups in total. The van der Waals surface area contributed by atoms with Crippen molar-refractivity contribution in [1.82, 2.24) is 15.6 Å². The molecule has 0 saturated heterocycles. The van der Waals surface area contributed by atoms with Crippen LogP contribution in [0.15, 0.2) is 47.6 Å². The van der Waals surface area contributed by atoms with Crippen molar-refractivity contribution in [2.45, 2.75) is 13.1 Å². The van der Waals surface area contributed by atoms with Crippen LogP contribution in [0.1, 0.15) is 11.1 Å². The highest BCUT2D eigenvalue weighted by atomic mass is 127. The third-order valence-electron chi connectivity index (χ3n) is 2.82. The van der Waals surface area contributed by atoms with E-state index < -0.39 is 0 Å². The van der Waals surface area contributed by atoms with Crippen LogP contribution in [-0.2, 0) is 13.1 Å². The van der Waals surface area contributed by atoms with Gasteiger partial charge in [0.1, 0.15) is 11.0 Å². The number of benzene rings is 1. The molecule has 0 fully saturated rings. The smallest absolute Gasteiger partial charge is 0.191 e. The van der Waals surface area contributed by atoms with E-state index in [0.29, 0.717) is 24.2 Å². The standard InChI is InChI=1S/C15H16ClFN4.HI/c1-18-15(20-8-11-3-2-4-13(17)7-11)21-10-12-5-6-14(16)19-9-12;/h2-7,9H,8,10H2,1H3,(H2,18,20,21);1H. The maximum Gasteiger partial charge on any atom is 0.191 e. The van der Waals surface area contributed by atoms with Gasteiger partial charge in [-0.1, -0.05) is 29.8 Å². The van der Waals surface area contributed by atoms with Crippen molar-refractivity contribution in [3.05, 3.63) is 64.7 Å². The Morgan fingerprint density at radius 3 is 2.50 bits per heavy atom. The zero-order valence-electron chi connectivity index (χ0n) is 12.0. The number of rotatable bonds is 4. The summed E-state index contributed by atoms with van der Waals surface area (Å²) in [6, 6.07) is 10.1. The third-order valence-corrected chi connectivity index (χ3v) is 3.04. The number of nitrogens with zero attached hydrogens (tertiary/aromatic N) is 2. The lowest BCUT2D eigenvalue weighted by Crippen LogP contribution is -2.36. The average Bonchev–Trinajstić information content (AvgIpc) is 2.49. The Hall–Kier alpha value is -1.41. The van der Waals surface area contributed by atoms with E-state index in [2.05, 4.69) is 20.6 Å². The molecule has 22 heavy (non-hydrogen) atoms. The molecule has 0 radical (unpaired) electrons. The van der Waals surface area contributed by atoms with Crippen molar-refractivity contribution in [2.24, 2.45) is 4.99 Å². The summed E-state index contributed by atoms with van der Waals surface area (Å²) in [7, 11) is 1.68. The Labute approximate surface area is 151 Å². The number of guanidine groups is 1. The van der Waals surface area contributed by atoms with Crippen molar-refractivity contribution >= 4 is 41.5 Å². The topological polar surface area (TPSA) is 49.3 Å². The minimum Gasteiger partial charge on any atom is -0.352 e. The molecule has 0 amide bonds. The molecule has 1 aromatic heterocycles. The summed E-state index contributed by atoms with van der Waals surface area (Å²) < 4.78 is 13.1. The maximum absolute atomic E-state index is 13.1. The largest absolute Gasteiger partial charge is 0.352 e. The predicted molar refractivity (Wildman–Crippen MR) is 98.1 cm³/mol. The lowest BCUT2D eigenvalue weighted by molar-refractivity contribution is 0.624. The van der Waals surface area contributed by atoms with Gasteiger partial charge in [0.2, 0.25) is 0 Å². The summed E-state index contributed by atoms with van der Waals surface area (Å²) in [4.78, 5) is 8.12. The minimum absolute atomic E-state index is 0. The molecule has 118 valence electrons. The van der Waals surface area contributed by atoms with Crippen LogP contribution < -0.4 is 10.6 Å². The number of halogens is 3. The van der Waals surface area contributed by atoms with Crippen LogP contribution in [0.25, 0.3) is 0 Å². The maximum atomic E-state index is 13.1. The van der Waals surface area contributed by atoms with Crippen LogP contribution in [0.4, 0.5) is 4.39 Å². The van der Waals surface area contributed by atoms with Gasteiger partial charge in [0.05, 0.1) is 0 Å².